The van der Waals surface area contributed by atoms with Crippen LogP contribution in [-0.4, -0.2) is 24.8 Å². The van der Waals surface area contributed by atoms with Crippen molar-refractivity contribution in [2.24, 2.45) is 5.92 Å². The monoisotopic (exact) mass is 244 g/mol. The summed E-state index contributed by atoms with van der Waals surface area (Å²) in [7, 11) is 0. The van der Waals surface area contributed by atoms with Crippen LogP contribution in [0.15, 0.2) is 18.5 Å². The fourth-order valence-electron chi connectivity index (χ4n) is 2.66. The molecule has 2 aliphatic rings. The Hall–Kier alpha value is -1.85. The zero-order valence-electron chi connectivity index (χ0n) is 10.3. The Labute approximate surface area is 105 Å². The molecule has 2 aliphatic carbocycles. The molecule has 4 rings (SSSR count). The SMILES string of the molecule is CC1CC1n1nc(C2(n3nccn3)CC2)cc1N. The molecule has 2 heterocycles. The number of nitrogens with two attached hydrogens (primary N) is 1. The van der Waals surface area contributed by atoms with Crippen LogP contribution in [0.5, 0.6) is 0 Å². The highest BCUT2D eigenvalue weighted by molar-refractivity contribution is 5.38. The van der Waals surface area contributed by atoms with Gasteiger partial charge in [0.2, 0.25) is 0 Å². The van der Waals surface area contributed by atoms with Gasteiger partial charge in [-0.25, -0.2) is 4.68 Å². The van der Waals surface area contributed by atoms with E-state index in [2.05, 4.69) is 17.1 Å². The summed E-state index contributed by atoms with van der Waals surface area (Å²) in [5.41, 5.74) is 6.94. The molecule has 2 unspecified atom stereocenters. The number of nitrogen functional groups attached to an aromatic ring is 1. The number of hydrogen-bond acceptors (Lipinski definition) is 4. The van der Waals surface area contributed by atoms with Gasteiger partial charge < -0.3 is 5.73 Å². The van der Waals surface area contributed by atoms with Crippen molar-refractivity contribution >= 4 is 5.82 Å². The van der Waals surface area contributed by atoms with Crippen molar-refractivity contribution in [2.45, 2.75) is 37.8 Å². The molecule has 2 aromatic rings. The van der Waals surface area contributed by atoms with E-state index in [1.54, 1.807) is 17.2 Å². The molecule has 2 atom stereocenters. The first kappa shape index (κ1) is 10.1. The number of nitrogens with zero attached hydrogens (tertiary/aromatic N) is 5. The van der Waals surface area contributed by atoms with E-state index in [1.807, 2.05) is 10.7 Å². The predicted octanol–water partition coefficient (Wildman–Crippen LogP) is 1.18. The maximum Gasteiger partial charge on any atom is 0.126 e. The van der Waals surface area contributed by atoms with Gasteiger partial charge in [0.1, 0.15) is 11.4 Å². The van der Waals surface area contributed by atoms with Crippen molar-refractivity contribution in [2.75, 3.05) is 5.73 Å². The maximum absolute atomic E-state index is 6.07. The highest BCUT2D eigenvalue weighted by Gasteiger charge is 2.51. The van der Waals surface area contributed by atoms with Gasteiger partial charge >= 0.3 is 0 Å². The number of rotatable bonds is 3. The van der Waals surface area contributed by atoms with Gasteiger partial charge in [0.25, 0.3) is 0 Å². The van der Waals surface area contributed by atoms with Gasteiger partial charge in [-0.15, -0.1) is 0 Å². The minimum absolute atomic E-state index is 0.138. The molecular formula is C12H16N6. The summed E-state index contributed by atoms with van der Waals surface area (Å²) in [6.45, 7) is 2.23. The second-order valence-electron chi connectivity index (χ2n) is 5.53. The predicted molar refractivity (Wildman–Crippen MR) is 65.8 cm³/mol. The van der Waals surface area contributed by atoms with Crippen molar-refractivity contribution in [1.82, 2.24) is 24.8 Å². The van der Waals surface area contributed by atoms with Crippen LogP contribution in [0.2, 0.25) is 0 Å². The van der Waals surface area contributed by atoms with Crippen LogP contribution in [0, 0.1) is 5.92 Å². The largest absolute Gasteiger partial charge is 0.384 e. The van der Waals surface area contributed by atoms with E-state index in [1.165, 1.54) is 6.42 Å². The zero-order chi connectivity index (χ0) is 12.3. The summed E-state index contributed by atoms with van der Waals surface area (Å²) in [6.07, 6.45) is 6.68. The average molecular weight is 244 g/mol. The van der Waals surface area contributed by atoms with Gasteiger partial charge in [0.05, 0.1) is 24.1 Å². The molecule has 0 saturated heterocycles. The molecule has 0 aliphatic heterocycles. The van der Waals surface area contributed by atoms with E-state index in [0.29, 0.717) is 12.0 Å². The number of hydrogen-bond donors (Lipinski definition) is 1. The van der Waals surface area contributed by atoms with E-state index < -0.39 is 0 Å². The lowest BCUT2D eigenvalue weighted by Crippen LogP contribution is -2.22. The lowest BCUT2D eigenvalue weighted by molar-refractivity contribution is 0.426. The Morgan fingerprint density at radius 2 is 2.00 bits per heavy atom. The second kappa shape index (κ2) is 3.13. The normalized spacial score (nSPS) is 28.3. The summed E-state index contributed by atoms with van der Waals surface area (Å²) in [6, 6.07) is 2.47. The van der Waals surface area contributed by atoms with Crippen molar-refractivity contribution in [3.05, 3.63) is 24.2 Å². The Kier molecular flexibility index (Phi) is 1.76. The number of aromatic nitrogens is 5. The lowest BCUT2D eigenvalue weighted by Gasteiger charge is -2.10. The standard InChI is InChI=1S/C12H16N6/c1-8-6-9(8)17-11(13)7-10(16-17)12(2-3-12)18-14-4-5-15-18/h4-5,7-9H,2-3,6,13H2,1H3. The summed E-state index contributed by atoms with van der Waals surface area (Å²) in [5, 5.41) is 13.2. The molecule has 6 heteroatoms. The molecule has 2 fully saturated rings. The first-order valence-electron chi connectivity index (χ1n) is 6.43. The summed E-state index contributed by atoms with van der Waals surface area (Å²) in [4.78, 5) is 1.77. The molecule has 0 bridgehead atoms. The average Bonchev–Trinajstić information content (AvgIpc) is 3.18. The Morgan fingerprint density at radius 1 is 1.33 bits per heavy atom. The van der Waals surface area contributed by atoms with Crippen LogP contribution in [0.1, 0.15) is 37.9 Å². The fraction of sp³-hybridized carbons (Fsp3) is 0.583. The second-order valence-corrected chi connectivity index (χ2v) is 5.53. The van der Waals surface area contributed by atoms with Crippen molar-refractivity contribution in [3.8, 4) is 0 Å². The fourth-order valence-corrected chi connectivity index (χ4v) is 2.66. The molecule has 0 amide bonds. The summed E-state index contributed by atoms with van der Waals surface area (Å²) >= 11 is 0. The van der Waals surface area contributed by atoms with E-state index in [0.717, 1.165) is 24.4 Å². The third-order valence-corrected chi connectivity index (χ3v) is 4.15. The van der Waals surface area contributed by atoms with Gasteiger partial charge in [-0.1, -0.05) is 6.92 Å². The minimum Gasteiger partial charge on any atom is -0.384 e. The topological polar surface area (TPSA) is 74.5 Å². The van der Waals surface area contributed by atoms with Crippen LogP contribution in [0.3, 0.4) is 0 Å². The molecule has 0 aromatic carbocycles. The Bertz CT molecular complexity index is 580. The van der Waals surface area contributed by atoms with Gasteiger partial charge in [-0.2, -0.15) is 20.1 Å². The molecule has 18 heavy (non-hydrogen) atoms. The molecule has 0 spiro atoms. The Morgan fingerprint density at radius 3 is 2.56 bits per heavy atom. The van der Waals surface area contributed by atoms with E-state index in [-0.39, 0.29) is 5.54 Å². The summed E-state index contributed by atoms with van der Waals surface area (Å²) < 4.78 is 1.98. The zero-order valence-corrected chi connectivity index (χ0v) is 10.3. The van der Waals surface area contributed by atoms with Gasteiger partial charge in [0.15, 0.2) is 0 Å². The first-order chi connectivity index (χ1) is 8.71. The molecule has 2 N–H and O–H groups in total. The van der Waals surface area contributed by atoms with Crippen molar-refractivity contribution in [1.29, 1.82) is 0 Å². The number of anilines is 1. The molecule has 6 nitrogen and oxygen atoms in total. The summed E-state index contributed by atoms with van der Waals surface area (Å²) in [5.74, 6) is 1.45. The molecule has 94 valence electrons. The van der Waals surface area contributed by atoms with Crippen LogP contribution in [-0.2, 0) is 5.54 Å². The van der Waals surface area contributed by atoms with Crippen molar-refractivity contribution < 1.29 is 0 Å². The van der Waals surface area contributed by atoms with Crippen molar-refractivity contribution in [3.63, 3.8) is 0 Å². The Balaban J connectivity index is 1.74. The maximum atomic E-state index is 6.07. The van der Waals surface area contributed by atoms with Crippen LogP contribution in [0.25, 0.3) is 0 Å². The van der Waals surface area contributed by atoms with Crippen LogP contribution >= 0.6 is 0 Å². The van der Waals surface area contributed by atoms with Gasteiger partial charge in [-0.05, 0) is 25.2 Å². The first-order valence-corrected chi connectivity index (χ1v) is 6.43. The van der Waals surface area contributed by atoms with E-state index >= 15 is 0 Å². The van der Waals surface area contributed by atoms with Gasteiger partial charge in [0, 0.05) is 6.07 Å². The third-order valence-electron chi connectivity index (χ3n) is 4.15. The molecule has 0 radical (unpaired) electrons. The van der Waals surface area contributed by atoms with E-state index in [9.17, 15) is 0 Å². The van der Waals surface area contributed by atoms with E-state index in [4.69, 9.17) is 10.8 Å². The van der Waals surface area contributed by atoms with Crippen LogP contribution < -0.4 is 5.73 Å². The van der Waals surface area contributed by atoms with Gasteiger partial charge in [-0.3, -0.25) is 0 Å². The quantitative estimate of drug-likeness (QED) is 0.879. The molecular weight excluding hydrogens is 228 g/mol. The highest BCUT2D eigenvalue weighted by atomic mass is 15.5. The lowest BCUT2D eigenvalue weighted by atomic mass is 10.2. The minimum atomic E-state index is -0.138. The molecule has 2 aromatic heterocycles. The highest BCUT2D eigenvalue weighted by Crippen LogP contribution is 2.50. The molecule has 2 saturated carbocycles. The smallest absolute Gasteiger partial charge is 0.126 e. The third kappa shape index (κ3) is 1.26. The van der Waals surface area contributed by atoms with Crippen LogP contribution in [0.4, 0.5) is 5.82 Å².